The summed E-state index contributed by atoms with van der Waals surface area (Å²) in [6.45, 7) is 0. The number of nitrogens with zero attached hydrogens (tertiary/aromatic N) is 1. The van der Waals surface area contributed by atoms with Crippen molar-refractivity contribution in [2.45, 2.75) is 0 Å². The lowest BCUT2D eigenvalue weighted by Gasteiger charge is -2.13. The number of hydrogen-bond acceptors (Lipinski definition) is 0. The Morgan fingerprint density at radius 3 is 1.08 bits per heavy atom. The first-order valence-corrected chi connectivity index (χ1v) is 18.3. The maximum absolute atomic E-state index is 2.44. The SMILES string of the molecule is c1ccc(-c2ccc3cc(-c4ccc5c6c4ccc4c(-c7ccc8cc(-c9ccccc9)ccc8c7)ccc(c46)n5-c4ccccc4)ccc3c2)cc1. The summed E-state index contributed by atoms with van der Waals surface area (Å²) >= 11 is 0. The summed E-state index contributed by atoms with van der Waals surface area (Å²) in [7, 11) is 0. The molecule has 0 radical (unpaired) electrons. The molecule has 11 aromatic rings. The Bertz CT molecular complexity index is 2940. The summed E-state index contributed by atoms with van der Waals surface area (Å²) < 4.78 is 2.44. The van der Waals surface area contributed by atoms with Gasteiger partial charge in [-0.05, 0) is 125 Å². The third kappa shape index (κ3) is 4.79. The van der Waals surface area contributed by atoms with Crippen LogP contribution in [0, 0.1) is 0 Å². The molecule has 10 aromatic carbocycles. The zero-order chi connectivity index (χ0) is 34.9. The van der Waals surface area contributed by atoms with Gasteiger partial charge in [0.25, 0.3) is 0 Å². The molecular formula is C52H33N. The fourth-order valence-corrected chi connectivity index (χ4v) is 8.56. The Morgan fingerprint density at radius 1 is 0.264 bits per heavy atom. The lowest BCUT2D eigenvalue weighted by molar-refractivity contribution is 1.18. The van der Waals surface area contributed by atoms with Crippen LogP contribution in [0.5, 0.6) is 0 Å². The molecule has 0 aliphatic heterocycles. The van der Waals surface area contributed by atoms with Gasteiger partial charge < -0.3 is 4.57 Å². The van der Waals surface area contributed by atoms with Crippen LogP contribution in [0.2, 0.25) is 0 Å². The zero-order valence-corrected chi connectivity index (χ0v) is 29.0. The molecule has 11 rings (SSSR count). The van der Waals surface area contributed by atoms with Crippen LogP contribution >= 0.6 is 0 Å². The summed E-state index contributed by atoms with van der Waals surface area (Å²) in [5.41, 5.74) is 13.6. The normalized spacial score (nSPS) is 11.8. The van der Waals surface area contributed by atoms with Gasteiger partial charge in [-0.2, -0.15) is 0 Å². The van der Waals surface area contributed by atoms with E-state index in [1.54, 1.807) is 0 Å². The smallest absolute Gasteiger partial charge is 0.0547 e. The van der Waals surface area contributed by atoms with Gasteiger partial charge >= 0.3 is 0 Å². The van der Waals surface area contributed by atoms with Gasteiger partial charge in [0.05, 0.1) is 11.0 Å². The van der Waals surface area contributed by atoms with Crippen LogP contribution in [-0.2, 0) is 0 Å². The molecule has 0 bridgehead atoms. The molecule has 0 spiro atoms. The number of rotatable bonds is 5. The van der Waals surface area contributed by atoms with Crippen LogP contribution in [0.15, 0.2) is 200 Å². The molecule has 0 atom stereocenters. The molecule has 1 aromatic heterocycles. The van der Waals surface area contributed by atoms with Gasteiger partial charge in [0.15, 0.2) is 0 Å². The van der Waals surface area contributed by atoms with Crippen molar-refractivity contribution in [3.8, 4) is 50.2 Å². The standard InChI is InChI=1S/C52H33N/c1-4-10-34(11-5-1)36-16-18-40-32-42(22-20-38(40)30-36)45-26-28-49-51-47(45)24-25-48-46(27-29-50(52(48)51)53(49)44-14-8-3-9-15-44)43-23-21-39-31-37(17-19-41(39)33-43)35-12-6-2-7-13-35/h1-33H. The third-order valence-corrected chi connectivity index (χ3v) is 11.1. The molecule has 0 fully saturated rings. The van der Waals surface area contributed by atoms with Gasteiger partial charge in [-0.1, -0.05) is 152 Å². The van der Waals surface area contributed by atoms with Gasteiger partial charge in [0.2, 0.25) is 0 Å². The van der Waals surface area contributed by atoms with E-state index in [-0.39, 0.29) is 0 Å². The van der Waals surface area contributed by atoms with Crippen LogP contribution in [0.4, 0.5) is 0 Å². The molecule has 1 heterocycles. The van der Waals surface area contributed by atoms with Crippen LogP contribution in [0.1, 0.15) is 0 Å². The molecule has 0 saturated carbocycles. The highest BCUT2D eigenvalue weighted by molar-refractivity contribution is 6.28. The molecule has 0 aliphatic rings. The van der Waals surface area contributed by atoms with Gasteiger partial charge in [0.1, 0.15) is 0 Å². The minimum Gasteiger partial charge on any atom is -0.309 e. The third-order valence-electron chi connectivity index (χ3n) is 11.1. The molecular weight excluding hydrogens is 639 g/mol. The summed E-state index contributed by atoms with van der Waals surface area (Å²) in [6.07, 6.45) is 0. The predicted octanol–water partition coefficient (Wildman–Crippen LogP) is 14.3. The second-order valence-corrected chi connectivity index (χ2v) is 14.1. The summed E-state index contributed by atoms with van der Waals surface area (Å²) in [5, 5.41) is 10.2. The average Bonchev–Trinajstić information content (AvgIpc) is 3.58. The monoisotopic (exact) mass is 671 g/mol. The van der Waals surface area contributed by atoms with Crippen LogP contribution in [-0.4, -0.2) is 4.57 Å². The van der Waals surface area contributed by atoms with Crippen molar-refractivity contribution in [2.75, 3.05) is 0 Å². The van der Waals surface area contributed by atoms with Crippen LogP contribution in [0.25, 0.3) is 104 Å². The van der Waals surface area contributed by atoms with E-state index in [0.29, 0.717) is 0 Å². The largest absolute Gasteiger partial charge is 0.309 e. The Balaban J connectivity index is 1.09. The van der Waals surface area contributed by atoms with E-state index in [0.717, 1.165) is 0 Å². The van der Waals surface area contributed by atoms with Crippen molar-refractivity contribution in [3.05, 3.63) is 200 Å². The Morgan fingerprint density at radius 2 is 0.642 bits per heavy atom. The number of hydrogen-bond donors (Lipinski definition) is 0. The van der Waals surface area contributed by atoms with Gasteiger partial charge in [-0.3, -0.25) is 0 Å². The van der Waals surface area contributed by atoms with Crippen molar-refractivity contribution < 1.29 is 0 Å². The second-order valence-electron chi connectivity index (χ2n) is 14.1. The lowest BCUT2D eigenvalue weighted by atomic mass is 9.90. The molecule has 1 nitrogen and oxygen atoms in total. The highest BCUT2D eigenvalue weighted by Gasteiger charge is 2.21. The molecule has 0 amide bonds. The Hall–Kier alpha value is -6.96. The number of benzene rings is 10. The Kier molecular flexibility index (Phi) is 6.62. The molecule has 0 unspecified atom stereocenters. The fraction of sp³-hybridized carbons (Fsp3) is 0. The number of fused-ring (bicyclic) bond motifs is 2. The summed E-state index contributed by atoms with van der Waals surface area (Å²) in [6, 6.07) is 73.5. The fourth-order valence-electron chi connectivity index (χ4n) is 8.56. The van der Waals surface area contributed by atoms with Crippen molar-refractivity contribution in [1.82, 2.24) is 4.57 Å². The molecule has 246 valence electrons. The average molecular weight is 672 g/mol. The first kappa shape index (κ1) is 29.7. The highest BCUT2D eigenvalue weighted by Crippen LogP contribution is 2.46. The summed E-state index contributed by atoms with van der Waals surface area (Å²) in [4.78, 5) is 0. The minimum absolute atomic E-state index is 1.17. The maximum atomic E-state index is 2.44. The van der Waals surface area contributed by atoms with E-state index in [9.17, 15) is 0 Å². The van der Waals surface area contributed by atoms with E-state index in [2.05, 4.69) is 205 Å². The van der Waals surface area contributed by atoms with Crippen molar-refractivity contribution >= 4 is 54.1 Å². The molecule has 0 aliphatic carbocycles. The lowest BCUT2D eigenvalue weighted by Crippen LogP contribution is -1.93. The predicted molar refractivity (Wildman–Crippen MR) is 226 cm³/mol. The van der Waals surface area contributed by atoms with Gasteiger partial charge in [0, 0.05) is 16.5 Å². The van der Waals surface area contributed by atoms with E-state index in [4.69, 9.17) is 0 Å². The van der Waals surface area contributed by atoms with Crippen LogP contribution in [0.3, 0.4) is 0 Å². The quantitative estimate of drug-likeness (QED) is 0.161. The molecule has 0 saturated heterocycles. The van der Waals surface area contributed by atoms with Crippen molar-refractivity contribution in [3.63, 3.8) is 0 Å². The maximum Gasteiger partial charge on any atom is 0.0547 e. The van der Waals surface area contributed by atoms with E-state index >= 15 is 0 Å². The van der Waals surface area contributed by atoms with E-state index < -0.39 is 0 Å². The van der Waals surface area contributed by atoms with E-state index in [1.165, 1.54) is 104 Å². The van der Waals surface area contributed by atoms with E-state index in [1.807, 2.05) is 0 Å². The molecule has 0 N–H and O–H groups in total. The number of aromatic nitrogens is 1. The van der Waals surface area contributed by atoms with Gasteiger partial charge in [-0.25, -0.2) is 0 Å². The van der Waals surface area contributed by atoms with Crippen LogP contribution < -0.4 is 0 Å². The molecule has 1 heteroatoms. The van der Waals surface area contributed by atoms with Gasteiger partial charge in [-0.15, -0.1) is 0 Å². The Labute approximate surface area is 308 Å². The topological polar surface area (TPSA) is 4.93 Å². The zero-order valence-electron chi connectivity index (χ0n) is 29.0. The minimum atomic E-state index is 1.17. The van der Waals surface area contributed by atoms with Crippen molar-refractivity contribution in [2.24, 2.45) is 0 Å². The highest BCUT2D eigenvalue weighted by atomic mass is 15.0. The first-order chi connectivity index (χ1) is 26.3. The number of para-hydroxylation sites is 1. The van der Waals surface area contributed by atoms with Crippen molar-refractivity contribution in [1.29, 1.82) is 0 Å². The summed E-state index contributed by atoms with van der Waals surface area (Å²) in [5.74, 6) is 0. The second kappa shape index (κ2) is 11.8. The first-order valence-electron chi connectivity index (χ1n) is 18.3. The molecule has 53 heavy (non-hydrogen) atoms.